The number of nitrogens with zero attached hydrogens (tertiary/aromatic N) is 1. The molecular formula is C12H18N2O3S2. The molecule has 1 aromatic rings. The highest BCUT2D eigenvalue weighted by Crippen LogP contribution is 2.18. The van der Waals surface area contributed by atoms with Crippen molar-refractivity contribution in [3.63, 3.8) is 0 Å². The van der Waals surface area contributed by atoms with E-state index in [1.54, 1.807) is 17.1 Å². The molecule has 5 nitrogen and oxygen atoms in total. The number of aromatic nitrogens is 1. The molecule has 0 aliphatic heterocycles. The second kappa shape index (κ2) is 8.16. The summed E-state index contributed by atoms with van der Waals surface area (Å²) in [7, 11) is 0. The molecule has 1 rings (SSSR count). The molecule has 1 N–H and O–H groups in total. The SMILES string of the molecule is CCC(CC(=O)OCc1csc(NC(C)=O)n1)SC. The van der Waals surface area contributed by atoms with E-state index in [0.29, 0.717) is 22.5 Å². The van der Waals surface area contributed by atoms with Crippen LogP contribution in [-0.4, -0.2) is 28.4 Å². The molecule has 0 fully saturated rings. The fourth-order valence-corrected chi connectivity index (χ4v) is 2.75. The molecule has 1 aromatic heterocycles. The van der Waals surface area contributed by atoms with E-state index in [-0.39, 0.29) is 18.5 Å². The molecule has 1 unspecified atom stereocenters. The Morgan fingerprint density at radius 3 is 2.89 bits per heavy atom. The Morgan fingerprint density at radius 2 is 2.32 bits per heavy atom. The van der Waals surface area contributed by atoms with Gasteiger partial charge in [-0.1, -0.05) is 6.92 Å². The molecule has 0 aliphatic rings. The van der Waals surface area contributed by atoms with Crippen molar-refractivity contribution < 1.29 is 14.3 Å². The second-order valence-corrected chi connectivity index (χ2v) is 5.95. The number of esters is 1. The minimum absolute atomic E-state index is 0.153. The number of carbonyl (C=O) groups is 2. The molecule has 19 heavy (non-hydrogen) atoms. The van der Waals surface area contributed by atoms with Gasteiger partial charge in [-0.15, -0.1) is 11.3 Å². The first kappa shape index (κ1) is 16.0. The third-order valence-electron chi connectivity index (χ3n) is 2.40. The van der Waals surface area contributed by atoms with Crippen LogP contribution in [0.3, 0.4) is 0 Å². The summed E-state index contributed by atoms with van der Waals surface area (Å²) in [6, 6.07) is 0. The van der Waals surface area contributed by atoms with Crippen LogP contribution in [0.4, 0.5) is 5.13 Å². The number of nitrogens with one attached hydrogen (secondary N) is 1. The summed E-state index contributed by atoms with van der Waals surface area (Å²) in [5.74, 6) is -0.376. The van der Waals surface area contributed by atoms with Crippen LogP contribution in [0.2, 0.25) is 0 Å². The van der Waals surface area contributed by atoms with Crippen LogP contribution in [0, 0.1) is 0 Å². The minimum Gasteiger partial charge on any atom is -0.459 e. The Labute approximate surface area is 121 Å². The number of carbonyl (C=O) groups excluding carboxylic acids is 2. The number of ether oxygens (including phenoxy) is 1. The molecule has 0 saturated heterocycles. The van der Waals surface area contributed by atoms with Crippen LogP contribution in [0.1, 0.15) is 32.4 Å². The highest BCUT2D eigenvalue weighted by Gasteiger charge is 2.13. The molecule has 1 heterocycles. The highest BCUT2D eigenvalue weighted by atomic mass is 32.2. The zero-order valence-corrected chi connectivity index (χ0v) is 12.9. The fraction of sp³-hybridized carbons (Fsp3) is 0.583. The van der Waals surface area contributed by atoms with Crippen molar-refractivity contribution in [2.24, 2.45) is 0 Å². The number of thioether (sulfide) groups is 1. The number of anilines is 1. The number of amides is 1. The molecule has 0 aliphatic carbocycles. The van der Waals surface area contributed by atoms with Crippen LogP contribution in [0.5, 0.6) is 0 Å². The number of rotatable bonds is 7. The predicted molar refractivity (Wildman–Crippen MR) is 78.4 cm³/mol. The van der Waals surface area contributed by atoms with Crippen molar-refractivity contribution in [3.8, 4) is 0 Å². The van der Waals surface area contributed by atoms with Gasteiger partial charge in [0.15, 0.2) is 5.13 Å². The van der Waals surface area contributed by atoms with Gasteiger partial charge in [-0.05, 0) is 12.7 Å². The van der Waals surface area contributed by atoms with Gasteiger partial charge >= 0.3 is 5.97 Å². The van der Waals surface area contributed by atoms with Crippen molar-refractivity contribution in [3.05, 3.63) is 11.1 Å². The highest BCUT2D eigenvalue weighted by molar-refractivity contribution is 7.99. The van der Waals surface area contributed by atoms with E-state index in [1.165, 1.54) is 18.3 Å². The molecule has 0 radical (unpaired) electrons. The number of thiazole rings is 1. The third-order valence-corrected chi connectivity index (χ3v) is 4.37. The average molecular weight is 302 g/mol. The first-order chi connectivity index (χ1) is 9.05. The number of hydrogen-bond acceptors (Lipinski definition) is 6. The van der Waals surface area contributed by atoms with Gasteiger partial charge in [0.1, 0.15) is 6.61 Å². The molecule has 7 heteroatoms. The lowest BCUT2D eigenvalue weighted by Gasteiger charge is -2.10. The summed E-state index contributed by atoms with van der Waals surface area (Å²) >= 11 is 2.98. The van der Waals surface area contributed by atoms with Crippen molar-refractivity contribution in [1.82, 2.24) is 4.98 Å². The maximum absolute atomic E-state index is 11.6. The largest absolute Gasteiger partial charge is 0.459 e. The second-order valence-electron chi connectivity index (χ2n) is 3.96. The van der Waals surface area contributed by atoms with Gasteiger partial charge in [-0.3, -0.25) is 9.59 Å². The molecule has 0 bridgehead atoms. The van der Waals surface area contributed by atoms with E-state index in [9.17, 15) is 9.59 Å². The zero-order chi connectivity index (χ0) is 14.3. The summed E-state index contributed by atoms with van der Waals surface area (Å²) in [4.78, 5) is 26.6. The Morgan fingerprint density at radius 1 is 1.58 bits per heavy atom. The van der Waals surface area contributed by atoms with Gasteiger partial charge in [0.05, 0.1) is 12.1 Å². The third kappa shape index (κ3) is 6.07. The van der Waals surface area contributed by atoms with E-state index >= 15 is 0 Å². The van der Waals surface area contributed by atoms with Crippen LogP contribution in [-0.2, 0) is 20.9 Å². The van der Waals surface area contributed by atoms with Gasteiger partial charge in [-0.2, -0.15) is 11.8 Å². The van der Waals surface area contributed by atoms with Crippen molar-refractivity contribution in [2.45, 2.75) is 38.5 Å². The molecule has 0 saturated carbocycles. The van der Waals surface area contributed by atoms with Gasteiger partial charge in [0.2, 0.25) is 5.91 Å². The lowest BCUT2D eigenvalue weighted by Crippen LogP contribution is -2.12. The van der Waals surface area contributed by atoms with E-state index < -0.39 is 0 Å². The lowest BCUT2D eigenvalue weighted by molar-refractivity contribution is -0.145. The Balaban J connectivity index is 2.37. The topological polar surface area (TPSA) is 68.3 Å². The Kier molecular flexibility index (Phi) is 6.86. The van der Waals surface area contributed by atoms with Crippen LogP contribution < -0.4 is 5.32 Å². The smallest absolute Gasteiger partial charge is 0.307 e. The first-order valence-electron chi connectivity index (χ1n) is 5.95. The molecule has 1 atom stereocenters. The number of hydrogen-bond donors (Lipinski definition) is 1. The predicted octanol–water partition coefficient (Wildman–Crippen LogP) is 2.68. The average Bonchev–Trinajstić information content (AvgIpc) is 2.80. The maximum atomic E-state index is 11.6. The lowest BCUT2D eigenvalue weighted by atomic mass is 10.2. The monoisotopic (exact) mass is 302 g/mol. The minimum atomic E-state index is -0.213. The molecule has 0 aromatic carbocycles. The molecule has 106 valence electrons. The fourth-order valence-electron chi connectivity index (χ4n) is 1.37. The van der Waals surface area contributed by atoms with Gasteiger partial charge < -0.3 is 10.1 Å². The summed E-state index contributed by atoms with van der Waals surface area (Å²) < 4.78 is 5.16. The van der Waals surface area contributed by atoms with Crippen LogP contribution >= 0.6 is 23.1 Å². The van der Waals surface area contributed by atoms with Gasteiger partial charge in [0, 0.05) is 17.6 Å². The standard InChI is InChI=1S/C12H18N2O3S2/c1-4-10(18-3)5-11(16)17-6-9-7-19-12(14-9)13-8(2)15/h7,10H,4-6H2,1-3H3,(H,13,14,15). The van der Waals surface area contributed by atoms with E-state index in [0.717, 1.165) is 6.42 Å². The summed E-state index contributed by atoms with van der Waals surface area (Å²) in [5.41, 5.74) is 0.652. The van der Waals surface area contributed by atoms with Crippen LogP contribution in [0.25, 0.3) is 0 Å². The molecule has 1 amide bonds. The Bertz CT molecular complexity index is 430. The summed E-state index contributed by atoms with van der Waals surface area (Å²) in [6.45, 7) is 3.63. The van der Waals surface area contributed by atoms with Gasteiger partial charge in [0.25, 0.3) is 0 Å². The van der Waals surface area contributed by atoms with Crippen molar-refractivity contribution >= 4 is 40.1 Å². The normalized spacial score (nSPS) is 11.9. The summed E-state index contributed by atoms with van der Waals surface area (Å²) in [5, 5.41) is 5.18. The molecule has 0 spiro atoms. The quantitative estimate of drug-likeness (QED) is 0.784. The maximum Gasteiger partial charge on any atom is 0.307 e. The molecular weight excluding hydrogens is 284 g/mol. The van der Waals surface area contributed by atoms with E-state index in [4.69, 9.17) is 4.74 Å². The van der Waals surface area contributed by atoms with E-state index in [1.807, 2.05) is 6.26 Å². The van der Waals surface area contributed by atoms with Crippen LogP contribution in [0.15, 0.2) is 5.38 Å². The zero-order valence-electron chi connectivity index (χ0n) is 11.3. The first-order valence-corrected chi connectivity index (χ1v) is 8.12. The van der Waals surface area contributed by atoms with Crippen molar-refractivity contribution in [2.75, 3.05) is 11.6 Å². The van der Waals surface area contributed by atoms with Crippen molar-refractivity contribution in [1.29, 1.82) is 0 Å². The summed E-state index contributed by atoms with van der Waals surface area (Å²) in [6.07, 6.45) is 3.35. The van der Waals surface area contributed by atoms with Gasteiger partial charge in [-0.25, -0.2) is 4.98 Å². The van der Waals surface area contributed by atoms with E-state index in [2.05, 4.69) is 17.2 Å². The Hall–Kier alpha value is -1.08.